The smallest absolute Gasteiger partial charge is 0.252 e. The number of fused-ring (bicyclic) bond motifs is 2. The first kappa shape index (κ1) is 30.0. The van der Waals surface area contributed by atoms with Crippen molar-refractivity contribution in [3.05, 3.63) is 107 Å². The lowest BCUT2D eigenvalue weighted by atomic mass is 9.94. The fraction of sp³-hybridized carbons (Fsp3) is 0.152. The molecule has 0 aliphatic heterocycles. The third kappa shape index (κ3) is 5.65. The zero-order valence-electron chi connectivity index (χ0n) is 24.3. The highest BCUT2D eigenvalue weighted by atomic mass is 32.2. The van der Waals surface area contributed by atoms with Gasteiger partial charge in [0.1, 0.15) is 22.7 Å². The number of hydrogen-bond donors (Lipinski definition) is 2. The van der Waals surface area contributed by atoms with Crippen LogP contribution in [0.25, 0.3) is 44.7 Å². The van der Waals surface area contributed by atoms with Crippen molar-refractivity contribution < 1.29 is 35.9 Å². The Hall–Kier alpha value is -5.07. The van der Waals surface area contributed by atoms with Gasteiger partial charge in [-0.25, -0.2) is 22.2 Å². The van der Waals surface area contributed by atoms with E-state index in [2.05, 4.69) is 4.98 Å². The standard InChI is InChI=1S/C33H27F2N3O6S/c1-17(39)19-12-20(14-21(13-19)33-37-31-25(35)5-4-6-27(31)44-33)23-15-24-28(16-26(23)38(2)45(3,41)42)43-29(30(24)32(36)40)11-18-7-9-22(34)10-8-18/h4-10,12-17,39H,11H2,1-3H3,(H2,36,40). The molecule has 9 nitrogen and oxygen atoms in total. The third-order valence-electron chi connectivity index (χ3n) is 7.61. The van der Waals surface area contributed by atoms with E-state index in [1.165, 1.54) is 37.4 Å². The second-order valence-corrected chi connectivity index (χ2v) is 12.8. The lowest BCUT2D eigenvalue weighted by Crippen LogP contribution is -2.25. The molecule has 1 amide bonds. The number of anilines is 1. The van der Waals surface area contributed by atoms with Crippen LogP contribution in [0.5, 0.6) is 0 Å². The number of rotatable bonds is 8. The van der Waals surface area contributed by atoms with Crippen molar-refractivity contribution >= 4 is 43.7 Å². The molecule has 0 bridgehead atoms. The van der Waals surface area contributed by atoms with Crippen molar-refractivity contribution in [3.63, 3.8) is 0 Å². The summed E-state index contributed by atoms with van der Waals surface area (Å²) in [6, 6.07) is 18.1. The number of aliphatic hydroxyl groups is 1. The highest BCUT2D eigenvalue weighted by Crippen LogP contribution is 2.41. The number of para-hydroxylation sites is 1. The first-order chi connectivity index (χ1) is 21.3. The summed E-state index contributed by atoms with van der Waals surface area (Å²) in [6.07, 6.45) is 0.208. The van der Waals surface area contributed by atoms with Gasteiger partial charge in [0.15, 0.2) is 11.4 Å². The van der Waals surface area contributed by atoms with Crippen molar-refractivity contribution in [2.75, 3.05) is 17.6 Å². The summed E-state index contributed by atoms with van der Waals surface area (Å²) in [5.74, 6) is -1.44. The number of carbonyl (C=O) groups excluding carboxylic acids is 1. The van der Waals surface area contributed by atoms with E-state index < -0.39 is 33.7 Å². The van der Waals surface area contributed by atoms with Crippen LogP contribution in [0, 0.1) is 11.6 Å². The average molecular weight is 632 g/mol. The predicted octanol–water partition coefficient (Wildman–Crippen LogP) is 6.33. The van der Waals surface area contributed by atoms with Crippen molar-refractivity contribution in [1.82, 2.24) is 4.98 Å². The molecule has 0 aliphatic carbocycles. The largest absolute Gasteiger partial charge is 0.460 e. The first-order valence-corrected chi connectivity index (χ1v) is 15.6. The van der Waals surface area contributed by atoms with Gasteiger partial charge in [-0.05, 0) is 72.1 Å². The Morgan fingerprint density at radius 2 is 1.71 bits per heavy atom. The summed E-state index contributed by atoms with van der Waals surface area (Å²) in [5.41, 5.74) is 8.89. The molecule has 2 aromatic heterocycles. The molecule has 6 aromatic rings. The number of amides is 1. The van der Waals surface area contributed by atoms with Crippen molar-refractivity contribution in [1.29, 1.82) is 0 Å². The molecular weight excluding hydrogens is 604 g/mol. The molecule has 6 rings (SSSR count). The van der Waals surface area contributed by atoms with Crippen LogP contribution in [0.4, 0.5) is 14.5 Å². The van der Waals surface area contributed by atoms with Gasteiger partial charge >= 0.3 is 0 Å². The number of halogens is 2. The van der Waals surface area contributed by atoms with E-state index >= 15 is 0 Å². The van der Waals surface area contributed by atoms with Gasteiger partial charge in [-0.3, -0.25) is 9.10 Å². The van der Waals surface area contributed by atoms with E-state index in [0.717, 1.165) is 10.6 Å². The van der Waals surface area contributed by atoms with Crippen molar-refractivity contribution in [2.45, 2.75) is 19.4 Å². The summed E-state index contributed by atoms with van der Waals surface area (Å²) in [4.78, 5) is 17.1. The lowest BCUT2D eigenvalue weighted by molar-refractivity contribution is 0.1000. The topological polar surface area (TPSA) is 140 Å². The van der Waals surface area contributed by atoms with Crippen LogP contribution in [-0.4, -0.2) is 37.7 Å². The number of primary amides is 1. The zero-order chi connectivity index (χ0) is 32.2. The monoisotopic (exact) mass is 631 g/mol. The number of nitrogens with zero attached hydrogens (tertiary/aromatic N) is 2. The Morgan fingerprint density at radius 1 is 1.00 bits per heavy atom. The first-order valence-electron chi connectivity index (χ1n) is 13.8. The molecule has 12 heteroatoms. The second kappa shape index (κ2) is 11.1. The van der Waals surface area contributed by atoms with E-state index in [1.807, 2.05) is 0 Å². The van der Waals surface area contributed by atoms with Gasteiger partial charge in [0, 0.05) is 36.0 Å². The SMILES string of the molecule is CC(O)c1cc(-c2nc3c(F)cccc3o2)cc(-c2cc3c(C(N)=O)c(Cc4ccc(F)cc4)oc3cc2N(C)S(C)(=O)=O)c1. The summed E-state index contributed by atoms with van der Waals surface area (Å²) in [6.45, 7) is 1.56. The van der Waals surface area contributed by atoms with Crippen LogP contribution in [0.15, 0.2) is 81.6 Å². The number of hydrogen-bond acceptors (Lipinski definition) is 7. The highest BCUT2D eigenvalue weighted by molar-refractivity contribution is 7.92. The highest BCUT2D eigenvalue weighted by Gasteiger charge is 2.26. The maximum atomic E-state index is 14.4. The summed E-state index contributed by atoms with van der Waals surface area (Å²) in [5, 5.41) is 10.9. The second-order valence-electron chi connectivity index (χ2n) is 10.8. The van der Waals surface area contributed by atoms with Gasteiger partial charge in [-0.15, -0.1) is 0 Å². The van der Waals surface area contributed by atoms with E-state index in [1.54, 1.807) is 49.4 Å². The Morgan fingerprint density at radius 3 is 2.36 bits per heavy atom. The van der Waals surface area contributed by atoms with Gasteiger partial charge in [0.2, 0.25) is 15.9 Å². The number of sulfonamides is 1. The van der Waals surface area contributed by atoms with Crippen LogP contribution < -0.4 is 10.0 Å². The minimum Gasteiger partial charge on any atom is -0.460 e. The number of aromatic nitrogens is 1. The summed E-state index contributed by atoms with van der Waals surface area (Å²) >= 11 is 0. The fourth-order valence-corrected chi connectivity index (χ4v) is 5.75. The molecule has 0 aliphatic rings. The number of nitrogens with two attached hydrogens (primary N) is 1. The molecule has 230 valence electrons. The molecule has 4 aromatic carbocycles. The van der Waals surface area contributed by atoms with Crippen molar-refractivity contribution in [2.24, 2.45) is 5.73 Å². The van der Waals surface area contributed by atoms with E-state index in [-0.39, 0.29) is 46.0 Å². The third-order valence-corrected chi connectivity index (χ3v) is 8.80. The number of carbonyl (C=O) groups is 1. The Kier molecular flexibility index (Phi) is 7.42. The van der Waals surface area contributed by atoms with Crippen LogP contribution in [0.3, 0.4) is 0 Å². The van der Waals surface area contributed by atoms with Crippen LogP contribution in [-0.2, 0) is 16.4 Å². The van der Waals surface area contributed by atoms with Gasteiger partial charge < -0.3 is 19.7 Å². The molecule has 1 unspecified atom stereocenters. The number of aliphatic hydroxyl groups excluding tert-OH is 1. The van der Waals surface area contributed by atoms with Crippen molar-refractivity contribution in [3.8, 4) is 22.6 Å². The van der Waals surface area contributed by atoms with E-state index in [0.29, 0.717) is 33.2 Å². The summed E-state index contributed by atoms with van der Waals surface area (Å²) in [7, 11) is -2.42. The fourth-order valence-electron chi connectivity index (χ4n) is 5.25. The molecule has 0 saturated carbocycles. The van der Waals surface area contributed by atoms with Crippen LogP contribution >= 0.6 is 0 Å². The number of furan rings is 1. The van der Waals surface area contributed by atoms with E-state index in [9.17, 15) is 27.1 Å². The molecule has 45 heavy (non-hydrogen) atoms. The van der Waals surface area contributed by atoms with Crippen LogP contribution in [0.1, 0.15) is 40.3 Å². The Balaban J connectivity index is 1.61. The Labute approximate surface area is 256 Å². The van der Waals surface area contributed by atoms with Gasteiger partial charge in [0.05, 0.1) is 23.6 Å². The molecule has 0 radical (unpaired) electrons. The molecular formula is C33H27F2N3O6S. The van der Waals surface area contributed by atoms with Gasteiger partial charge in [-0.2, -0.15) is 0 Å². The predicted molar refractivity (Wildman–Crippen MR) is 166 cm³/mol. The molecule has 2 heterocycles. The minimum atomic E-state index is -3.80. The van der Waals surface area contributed by atoms with E-state index in [4.69, 9.17) is 14.6 Å². The molecule has 3 N–H and O–H groups in total. The molecule has 1 atom stereocenters. The number of benzene rings is 4. The van der Waals surface area contributed by atoms with Crippen LogP contribution in [0.2, 0.25) is 0 Å². The summed E-state index contributed by atoms with van der Waals surface area (Å²) < 4.78 is 66.5. The lowest BCUT2D eigenvalue weighted by Gasteiger charge is -2.21. The Bertz CT molecular complexity index is 2220. The zero-order valence-corrected chi connectivity index (χ0v) is 25.2. The normalized spacial score (nSPS) is 12.6. The molecule has 0 spiro atoms. The molecule has 0 saturated heterocycles. The minimum absolute atomic E-state index is 0.0357. The quantitative estimate of drug-likeness (QED) is 0.200. The average Bonchev–Trinajstić information content (AvgIpc) is 3.58. The maximum Gasteiger partial charge on any atom is 0.252 e. The van der Waals surface area contributed by atoms with Gasteiger partial charge in [0.25, 0.3) is 5.91 Å². The number of oxazole rings is 1. The van der Waals surface area contributed by atoms with Gasteiger partial charge in [-0.1, -0.05) is 18.2 Å². The molecule has 0 fully saturated rings. The maximum absolute atomic E-state index is 14.4.